The summed E-state index contributed by atoms with van der Waals surface area (Å²) in [5.74, 6) is 0.259. The molecule has 0 atom stereocenters. The molecule has 3 rings (SSSR count). The number of nitriles is 1. The fraction of sp³-hybridized carbons (Fsp3) is 0.154. The minimum absolute atomic E-state index is 0.00318. The van der Waals surface area contributed by atoms with Gasteiger partial charge in [-0.2, -0.15) is 5.26 Å². The number of benzene rings is 3. The fourth-order valence-electron chi connectivity index (χ4n) is 3.19. The van der Waals surface area contributed by atoms with Gasteiger partial charge in [0.05, 0.1) is 16.5 Å². The van der Waals surface area contributed by atoms with E-state index >= 15 is 0 Å². The van der Waals surface area contributed by atoms with Crippen LogP contribution in [-0.2, 0) is 11.4 Å². The van der Waals surface area contributed by atoms with Gasteiger partial charge in [0.1, 0.15) is 18.2 Å². The zero-order valence-corrected chi connectivity index (χ0v) is 21.4. The maximum atomic E-state index is 12.7. The third-order valence-corrected chi connectivity index (χ3v) is 5.69. The second-order valence-electron chi connectivity index (χ2n) is 7.81. The minimum atomic E-state index is -0.538. The predicted molar refractivity (Wildman–Crippen MR) is 141 cm³/mol. The van der Waals surface area contributed by atoms with Crippen molar-refractivity contribution >= 4 is 45.0 Å². The summed E-state index contributed by atoms with van der Waals surface area (Å²) in [6, 6.07) is 18.6. The molecule has 0 heterocycles. The van der Waals surface area contributed by atoms with E-state index in [1.807, 2.05) is 37.2 Å². The van der Waals surface area contributed by atoms with Crippen molar-refractivity contribution in [2.45, 2.75) is 6.61 Å². The maximum Gasteiger partial charge on any atom is 0.269 e. The molecule has 3 aromatic rings. The highest BCUT2D eigenvalue weighted by Crippen LogP contribution is 2.38. The Kier molecular flexibility index (Phi) is 8.65. The molecule has 0 aromatic heterocycles. The smallest absolute Gasteiger partial charge is 0.269 e. The molecule has 0 saturated carbocycles. The molecule has 0 spiro atoms. The van der Waals surface area contributed by atoms with Crippen LogP contribution < -0.4 is 19.7 Å². The van der Waals surface area contributed by atoms with Gasteiger partial charge in [0.15, 0.2) is 11.5 Å². The molecule has 0 unspecified atom stereocenters. The molecular weight excluding hydrogens is 528 g/mol. The van der Waals surface area contributed by atoms with Crippen molar-refractivity contribution in [2.24, 2.45) is 0 Å². The van der Waals surface area contributed by atoms with Gasteiger partial charge in [-0.15, -0.1) is 0 Å². The molecular formula is C26H23BrN4O5. The number of non-ortho nitro benzene ring substituents is 1. The van der Waals surface area contributed by atoms with Crippen LogP contribution in [0.25, 0.3) is 6.08 Å². The first-order chi connectivity index (χ1) is 17.2. The number of halogens is 1. The summed E-state index contributed by atoms with van der Waals surface area (Å²) in [6.07, 6.45) is 1.46. The van der Waals surface area contributed by atoms with Crippen LogP contribution in [0.2, 0.25) is 0 Å². The molecule has 1 N–H and O–H groups in total. The van der Waals surface area contributed by atoms with Crippen molar-refractivity contribution in [2.75, 3.05) is 31.4 Å². The Morgan fingerprint density at radius 3 is 2.39 bits per heavy atom. The highest BCUT2D eigenvalue weighted by Gasteiger charge is 2.15. The number of nitrogens with one attached hydrogen (secondary N) is 1. The van der Waals surface area contributed by atoms with Crippen LogP contribution in [0.5, 0.6) is 11.5 Å². The maximum absolute atomic E-state index is 12.7. The van der Waals surface area contributed by atoms with Crippen LogP contribution in [0.3, 0.4) is 0 Å². The molecule has 3 aromatic carbocycles. The Morgan fingerprint density at radius 1 is 1.17 bits per heavy atom. The van der Waals surface area contributed by atoms with Gasteiger partial charge < -0.3 is 19.7 Å². The predicted octanol–water partition coefficient (Wildman–Crippen LogP) is 5.56. The molecule has 0 radical (unpaired) electrons. The molecule has 0 fully saturated rings. The summed E-state index contributed by atoms with van der Waals surface area (Å²) in [5.41, 5.74) is 2.76. The Labute approximate surface area is 216 Å². The van der Waals surface area contributed by atoms with E-state index in [9.17, 15) is 20.2 Å². The number of amides is 1. The van der Waals surface area contributed by atoms with Crippen molar-refractivity contribution in [3.05, 3.63) is 92.0 Å². The van der Waals surface area contributed by atoms with Crippen LogP contribution in [0, 0.1) is 21.4 Å². The van der Waals surface area contributed by atoms with Gasteiger partial charge in [-0.05, 0) is 81.7 Å². The summed E-state index contributed by atoms with van der Waals surface area (Å²) in [4.78, 5) is 25.0. The molecule has 0 aliphatic carbocycles. The fourth-order valence-corrected chi connectivity index (χ4v) is 3.76. The lowest BCUT2D eigenvalue weighted by Crippen LogP contribution is -2.14. The van der Waals surface area contributed by atoms with Crippen LogP contribution in [-0.4, -0.2) is 32.0 Å². The molecule has 1 amide bonds. The average molecular weight is 551 g/mol. The highest BCUT2D eigenvalue weighted by molar-refractivity contribution is 9.10. The largest absolute Gasteiger partial charge is 0.493 e. The van der Waals surface area contributed by atoms with E-state index in [1.54, 1.807) is 36.4 Å². The SMILES string of the molecule is COc1cc(/C=C(/C#N)C(=O)Nc2ccc(N(C)C)cc2)cc(Br)c1OCc1ccc([N+](=O)[O-])cc1. The van der Waals surface area contributed by atoms with Crippen molar-refractivity contribution in [1.29, 1.82) is 5.26 Å². The molecule has 0 aliphatic heterocycles. The number of hydrogen-bond acceptors (Lipinski definition) is 7. The van der Waals surface area contributed by atoms with Crippen LogP contribution >= 0.6 is 15.9 Å². The van der Waals surface area contributed by atoms with E-state index in [0.29, 0.717) is 27.2 Å². The summed E-state index contributed by atoms with van der Waals surface area (Å²) in [5, 5.41) is 23.1. The van der Waals surface area contributed by atoms with Crippen molar-refractivity contribution in [3.63, 3.8) is 0 Å². The van der Waals surface area contributed by atoms with Crippen LogP contribution in [0.4, 0.5) is 17.1 Å². The number of nitro groups is 1. The summed E-state index contributed by atoms with van der Waals surface area (Å²) >= 11 is 3.45. The van der Waals surface area contributed by atoms with Crippen molar-refractivity contribution in [1.82, 2.24) is 0 Å². The van der Waals surface area contributed by atoms with Crippen LogP contribution in [0.15, 0.2) is 70.7 Å². The lowest BCUT2D eigenvalue weighted by atomic mass is 10.1. The average Bonchev–Trinajstić information content (AvgIpc) is 2.86. The van der Waals surface area contributed by atoms with E-state index < -0.39 is 10.8 Å². The molecule has 10 heteroatoms. The number of nitro benzene ring substituents is 1. The number of nitrogens with zero attached hydrogens (tertiary/aromatic N) is 3. The number of anilines is 2. The molecule has 0 bridgehead atoms. The van der Waals surface area contributed by atoms with E-state index in [4.69, 9.17) is 9.47 Å². The van der Waals surface area contributed by atoms with E-state index in [1.165, 1.54) is 25.3 Å². The summed E-state index contributed by atoms with van der Waals surface area (Å²) in [7, 11) is 5.31. The number of carbonyl (C=O) groups is 1. The van der Waals surface area contributed by atoms with Gasteiger partial charge >= 0.3 is 0 Å². The first-order valence-electron chi connectivity index (χ1n) is 10.7. The molecule has 0 saturated heterocycles. The van der Waals surface area contributed by atoms with Gasteiger partial charge in [0.2, 0.25) is 0 Å². The Bertz CT molecular complexity index is 1330. The third kappa shape index (κ3) is 6.61. The number of hydrogen-bond donors (Lipinski definition) is 1. The molecule has 9 nitrogen and oxygen atoms in total. The third-order valence-electron chi connectivity index (χ3n) is 5.10. The number of carbonyl (C=O) groups excluding carboxylic acids is 1. The quantitative estimate of drug-likeness (QED) is 0.160. The lowest BCUT2D eigenvalue weighted by Gasteiger charge is -2.14. The van der Waals surface area contributed by atoms with Gasteiger partial charge in [0, 0.05) is 37.6 Å². The molecule has 36 heavy (non-hydrogen) atoms. The normalized spacial score (nSPS) is 10.8. The standard InChI is InChI=1S/C26H23BrN4O5/c1-30(2)21-10-6-20(7-11-21)29-26(32)19(15-28)12-18-13-23(27)25(24(14-18)35-3)36-16-17-4-8-22(9-5-17)31(33)34/h4-14H,16H2,1-3H3,(H,29,32)/b19-12-. The lowest BCUT2D eigenvalue weighted by molar-refractivity contribution is -0.384. The van der Waals surface area contributed by atoms with Crippen molar-refractivity contribution in [3.8, 4) is 17.6 Å². The van der Waals surface area contributed by atoms with Crippen LogP contribution in [0.1, 0.15) is 11.1 Å². The number of rotatable bonds is 9. The monoisotopic (exact) mass is 550 g/mol. The molecule has 184 valence electrons. The topological polar surface area (TPSA) is 118 Å². The van der Waals surface area contributed by atoms with Gasteiger partial charge in [0.25, 0.3) is 11.6 Å². The second-order valence-corrected chi connectivity index (χ2v) is 8.67. The molecule has 0 aliphatic rings. The van der Waals surface area contributed by atoms with Gasteiger partial charge in [-0.1, -0.05) is 0 Å². The number of methoxy groups -OCH3 is 1. The zero-order valence-electron chi connectivity index (χ0n) is 19.8. The highest BCUT2D eigenvalue weighted by atomic mass is 79.9. The van der Waals surface area contributed by atoms with E-state index in [-0.39, 0.29) is 17.9 Å². The Morgan fingerprint density at radius 2 is 1.83 bits per heavy atom. The van der Waals surface area contributed by atoms with Gasteiger partial charge in [-0.25, -0.2) is 0 Å². The summed E-state index contributed by atoms with van der Waals surface area (Å²) < 4.78 is 11.9. The first kappa shape index (κ1) is 26.2. The van der Waals surface area contributed by atoms with E-state index in [2.05, 4.69) is 21.2 Å². The summed E-state index contributed by atoms with van der Waals surface area (Å²) in [6.45, 7) is 0.153. The Balaban J connectivity index is 1.77. The number of ether oxygens (including phenoxy) is 2. The Hall–Kier alpha value is -4.36. The van der Waals surface area contributed by atoms with Gasteiger partial charge in [-0.3, -0.25) is 14.9 Å². The second kappa shape index (κ2) is 11.9. The van der Waals surface area contributed by atoms with Crippen molar-refractivity contribution < 1.29 is 19.2 Å². The van der Waals surface area contributed by atoms with E-state index in [0.717, 1.165) is 11.3 Å². The zero-order chi connectivity index (χ0) is 26.2. The first-order valence-corrected chi connectivity index (χ1v) is 11.5. The minimum Gasteiger partial charge on any atom is -0.493 e.